The molecule has 0 aliphatic heterocycles. The molecule has 0 fully saturated rings. The topological polar surface area (TPSA) is 47.0 Å². The van der Waals surface area contributed by atoms with Gasteiger partial charge in [0.1, 0.15) is 17.1 Å². The van der Waals surface area contributed by atoms with Gasteiger partial charge in [0.15, 0.2) is 0 Å². The smallest absolute Gasteiger partial charge is 0.423 e. The summed E-state index contributed by atoms with van der Waals surface area (Å²) in [6, 6.07) is 13.6. The molecule has 0 unspecified atom stereocenters. The van der Waals surface area contributed by atoms with Crippen molar-refractivity contribution in [3.63, 3.8) is 0 Å². The molecule has 0 spiro atoms. The lowest BCUT2D eigenvalue weighted by Crippen LogP contribution is -2.11. The second-order valence-corrected chi connectivity index (χ2v) is 4.93. The van der Waals surface area contributed by atoms with Gasteiger partial charge < -0.3 is 10.1 Å². The van der Waals surface area contributed by atoms with E-state index in [1.165, 1.54) is 30.3 Å². The summed E-state index contributed by atoms with van der Waals surface area (Å²) in [7, 11) is 0. The third-order valence-electron chi connectivity index (χ3n) is 3.14. The Morgan fingerprint density at radius 2 is 1.60 bits per heavy atom. The average Bonchev–Trinajstić information content (AvgIpc) is 2.57. The zero-order valence-electron chi connectivity index (χ0n) is 12.6. The number of anilines is 2. The van der Waals surface area contributed by atoms with E-state index in [-0.39, 0.29) is 17.4 Å². The van der Waals surface area contributed by atoms with Crippen molar-refractivity contribution in [1.82, 2.24) is 9.97 Å². The van der Waals surface area contributed by atoms with Gasteiger partial charge in [0.05, 0.1) is 5.69 Å². The van der Waals surface area contributed by atoms with Gasteiger partial charge in [-0.1, -0.05) is 30.3 Å². The van der Waals surface area contributed by atoms with Crippen LogP contribution in [-0.2, 0) is 6.18 Å². The molecule has 0 aliphatic rings. The maximum Gasteiger partial charge on any atom is 0.423 e. The highest BCUT2D eigenvalue weighted by Gasteiger charge is 2.36. The van der Waals surface area contributed by atoms with Crippen LogP contribution < -0.4 is 10.1 Å². The fraction of sp³-hybridized carbons (Fsp3) is 0.0588. The van der Waals surface area contributed by atoms with Crippen LogP contribution in [0.4, 0.5) is 29.2 Å². The van der Waals surface area contributed by atoms with E-state index >= 15 is 0 Å². The van der Waals surface area contributed by atoms with Crippen molar-refractivity contribution in [2.24, 2.45) is 0 Å². The lowest BCUT2D eigenvalue weighted by molar-refractivity contribution is -0.139. The fourth-order valence-electron chi connectivity index (χ4n) is 1.98. The van der Waals surface area contributed by atoms with Crippen molar-refractivity contribution < 1.29 is 22.3 Å². The van der Waals surface area contributed by atoms with Crippen LogP contribution >= 0.6 is 0 Å². The van der Waals surface area contributed by atoms with E-state index in [4.69, 9.17) is 4.74 Å². The van der Waals surface area contributed by atoms with Gasteiger partial charge in [-0.25, -0.2) is 9.37 Å². The number of nitrogens with zero attached hydrogens (tertiary/aromatic N) is 2. The van der Waals surface area contributed by atoms with Crippen molar-refractivity contribution in [2.45, 2.75) is 6.18 Å². The number of rotatable bonds is 4. The first kappa shape index (κ1) is 16.7. The van der Waals surface area contributed by atoms with Gasteiger partial charge in [-0.15, -0.1) is 0 Å². The van der Waals surface area contributed by atoms with E-state index in [9.17, 15) is 17.6 Å². The summed E-state index contributed by atoms with van der Waals surface area (Å²) in [6.07, 6.45) is -4.10. The number of ether oxygens (including phenoxy) is 1. The molecule has 0 radical (unpaired) electrons. The second kappa shape index (κ2) is 6.76. The van der Waals surface area contributed by atoms with Crippen LogP contribution in [0.3, 0.4) is 0 Å². The number of nitrogens with one attached hydrogen (secondary N) is 1. The SMILES string of the molecule is Fc1ccccc1Nc1ncc(C(F)(F)F)c(Oc2ccccc2)n1. The molecule has 3 rings (SSSR count). The van der Waals surface area contributed by atoms with E-state index in [0.717, 1.165) is 0 Å². The van der Waals surface area contributed by atoms with Gasteiger partial charge in [0.2, 0.25) is 11.8 Å². The molecule has 0 atom stereocenters. The number of halogens is 4. The Hall–Kier alpha value is -3.16. The predicted octanol–water partition coefficient (Wildman–Crippen LogP) is 5.17. The summed E-state index contributed by atoms with van der Waals surface area (Å²) in [5.41, 5.74) is -1.09. The lowest BCUT2D eigenvalue weighted by Gasteiger charge is -2.14. The molecule has 3 aromatic rings. The van der Waals surface area contributed by atoms with Crippen LogP contribution in [0, 0.1) is 5.82 Å². The first-order chi connectivity index (χ1) is 11.9. The molecule has 25 heavy (non-hydrogen) atoms. The zero-order valence-corrected chi connectivity index (χ0v) is 12.6. The molecule has 4 nitrogen and oxygen atoms in total. The Labute approximate surface area is 140 Å². The normalized spacial score (nSPS) is 11.2. The molecule has 8 heteroatoms. The van der Waals surface area contributed by atoms with Gasteiger partial charge >= 0.3 is 6.18 Å². The predicted molar refractivity (Wildman–Crippen MR) is 83.2 cm³/mol. The molecule has 0 aliphatic carbocycles. The second-order valence-electron chi connectivity index (χ2n) is 4.93. The number of aromatic nitrogens is 2. The first-order valence-electron chi connectivity index (χ1n) is 7.12. The number of alkyl halides is 3. The quantitative estimate of drug-likeness (QED) is 0.660. The van der Waals surface area contributed by atoms with Crippen molar-refractivity contribution >= 4 is 11.6 Å². The van der Waals surface area contributed by atoms with Gasteiger partial charge in [-0.3, -0.25) is 0 Å². The van der Waals surface area contributed by atoms with E-state index in [0.29, 0.717) is 6.20 Å². The minimum absolute atomic E-state index is 0.0351. The third kappa shape index (κ3) is 4.03. The molecule has 2 aromatic carbocycles. The molecule has 1 heterocycles. The zero-order chi connectivity index (χ0) is 17.9. The molecule has 128 valence electrons. The van der Waals surface area contributed by atoms with Crippen molar-refractivity contribution in [1.29, 1.82) is 0 Å². The fourth-order valence-corrected chi connectivity index (χ4v) is 1.98. The number of para-hydroxylation sites is 2. The van der Waals surface area contributed by atoms with Crippen LogP contribution in [0.25, 0.3) is 0 Å². The highest BCUT2D eigenvalue weighted by Crippen LogP contribution is 2.37. The van der Waals surface area contributed by atoms with Crippen molar-refractivity contribution in [3.05, 3.63) is 72.2 Å². The molecule has 1 aromatic heterocycles. The van der Waals surface area contributed by atoms with E-state index < -0.39 is 23.4 Å². The van der Waals surface area contributed by atoms with Gasteiger partial charge in [0, 0.05) is 6.20 Å². The van der Waals surface area contributed by atoms with Crippen LogP contribution in [0.5, 0.6) is 11.6 Å². The maximum absolute atomic E-state index is 13.7. The van der Waals surface area contributed by atoms with Crippen LogP contribution in [0.1, 0.15) is 5.56 Å². The molecule has 0 saturated heterocycles. The molecular weight excluding hydrogens is 338 g/mol. The Morgan fingerprint density at radius 1 is 0.920 bits per heavy atom. The van der Waals surface area contributed by atoms with E-state index in [2.05, 4.69) is 15.3 Å². The van der Waals surface area contributed by atoms with Crippen molar-refractivity contribution in [2.75, 3.05) is 5.32 Å². The standard InChI is InChI=1S/C17H11F4N3O/c18-13-8-4-5-9-14(13)23-16-22-10-12(17(19,20)21)15(24-16)25-11-6-2-1-3-7-11/h1-10H,(H,22,23,24). The summed E-state index contributed by atoms with van der Waals surface area (Å²) in [5.74, 6) is -1.29. The van der Waals surface area contributed by atoms with Gasteiger partial charge in [0.25, 0.3) is 0 Å². The third-order valence-corrected chi connectivity index (χ3v) is 3.14. The van der Waals surface area contributed by atoms with Crippen molar-refractivity contribution in [3.8, 4) is 11.6 Å². The number of hydrogen-bond acceptors (Lipinski definition) is 4. The number of hydrogen-bond donors (Lipinski definition) is 1. The summed E-state index contributed by atoms with van der Waals surface area (Å²) >= 11 is 0. The van der Waals surface area contributed by atoms with E-state index in [1.54, 1.807) is 24.3 Å². The summed E-state index contributed by atoms with van der Waals surface area (Å²) in [5, 5.41) is 2.53. The monoisotopic (exact) mass is 349 g/mol. The first-order valence-corrected chi connectivity index (χ1v) is 7.12. The Balaban J connectivity index is 1.96. The molecule has 1 N–H and O–H groups in total. The Kier molecular flexibility index (Phi) is 4.51. The average molecular weight is 349 g/mol. The molecule has 0 amide bonds. The largest absolute Gasteiger partial charge is 0.438 e. The van der Waals surface area contributed by atoms with Gasteiger partial charge in [-0.05, 0) is 24.3 Å². The Morgan fingerprint density at radius 3 is 2.28 bits per heavy atom. The minimum atomic E-state index is -4.69. The highest BCUT2D eigenvalue weighted by molar-refractivity contribution is 5.54. The van der Waals surface area contributed by atoms with E-state index in [1.807, 2.05) is 0 Å². The lowest BCUT2D eigenvalue weighted by atomic mass is 10.3. The number of benzene rings is 2. The molecular formula is C17H11F4N3O. The molecule has 0 saturated carbocycles. The molecule has 0 bridgehead atoms. The van der Waals surface area contributed by atoms with Gasteiger partial charge in [-0.2, -0.15) is 18.2 Å². The summed E-state index contributed by atoms with van der Waals surface area (Å²) in [4.78, 5) is 7.33. The van der Waals surface area contributed by atoms with Crippen LogP contribution in [0.15, 0.2) is 60.8 Å². The highest BCUT2D eigenvalue weighted by atomic mass is 19.4. The van der Waals surface area contributed by atoms with Crippen LogP contribution in [0.2, 0.25) is 0 Å². The Bertz CT molecular complexity index is 869. The minimum Gasteiger partial charge on any atom is -0.438 e. The summed E-state index contributed by atoms with van der Waals surface area (Å²) in [6.45, 7) is 0. The maximum atomic E-state index is 13.7. The van der Waals surface area contributed by atoms with Crippen LogP contribution in [-0.4, -0.2) is 9.97 Å². The summed E-state index contributed by atoms with van der Waals surface area (Å²) < 4.78 is 58.3.